The molecular weight excluding hydrogens is 286 g/mol. The third kappa shape index (κ3) is 2.58. The molecule has 2 fully saturated rings. The first kappa shape index (κ1) is 14.2. The molecule has 21 heavy (non-hydrogen) atoms. The third-order valence-corrected chi connectivity index (χ3v) is 4.97. The van der Waals surface area contributed by atoms with Crippen LogP contribution in [0.5, 0.6) is 0 Å². The van der Waals surface area contributed by atoms with Crippen molar-refractivity contribution in [2.45, 2.75) is 50.1 Å². The van der Waals surface area contributed by atoms with Crippen molar-refractivity contribution in [2.75, 3.05) is 0 Å². The van der Waals surface area contributed by atoms with Gasteiger partial charge in [-0.15, -0.1) is 0 Å². The van der Waals surface area contributed by atoms with Crippen LogP contribution in [0.1, 0.15) is 49.1 Å². The van der Waals surface area contributed by atoms with Crippen molar-refractivity contribution in [1.82, 2.24) is 10.6 Å². The minimum Gasteiger partial charge on any atom is -0.333 e. The summed E-state index contributed by atoms with van der Waals surface area (Å²) in [6, 6.07) is 8.41. The molecule has 0 aromatic heterocycles. The fourth-order valence-corrected chi connectivity index (χ4v) is 3.91. The largest absolute Gasteiger partial charge is 0.333 e. The van der Waals surface area contributed by atoms with Crippen molar-refractivity contribution in [3.8, 4) is 6.07 Å². The van der Waals surface area contributed by atoms with E-state index in [-0.39, 0.29) is 24.0 Å². The van der Waals surface area contributed by atoms with Gasteiger partial charge in [0.1, 0.15) is 0 Å². The van der Waals surface area contributed by atoms with E-state index in [1.807, 2.05) is 25.1 Å². The van der Waals surface area contributed by atoms with Gasteiger partial charge in [0.25, 0.3) is 0 Å². The maximum absolute atomic E-state index is 11.4. The van der Waals surface area contributed by atoms with Crippen molar-refractivity contribution in [1.29, 1.82) is 5.26 Å². The van der Waals surface area contributed by atoms with Gasteiger partial charge in [0.2, 0.25) is 0 Å². The Morgan fingerprint density at radius 2 is 2.10 bits per heavy atom. The summed E-state index contributed by atoms with van der Waals surface area (Å²) < 4.78 is 0. The molecule has 1 aliphatic carbocycles. The summed E-state index contributed by atoms with van der Waals surface area (Å²) in [6.45, 7) is 1.90. The van der Waals surface area contributed by atoms with Gasteiger partial charge in [0.15, 0.2) is 0 Å². The van der Waals surface area contributed by atoms with Crippen molar-refractivity contribution in [2.24, 2.45) is 0 Å². The summed E-state index contributed by atoms with van der Waals surface area (Å²) in [6.07, 6.45) is 2.80. The number of nitrogens with one attached hydrogen (secondary N) is 2. The van der Waals surface area contributed by atoms with Crippen molar-refractivity contribution < 1.29 is 4.79 Å². The molecule has 5 heteroatoms. The molecule has 3 rings (SSSR count). The van der Waals surface area contributed by atoms with Gasteiger partial charge < -0.3 is 10.6 Å². The number of rotatable bonds is 2. The van der Waals surface area contributed by atoms with Gasteiger partial charge in [0, 0.05) is 5.02 Å². The number of amides is 2. The number of halogens is 1. The zero-order valence-corrected chi connectivity index (χ0v) is 12.7. The number of urea groups is 1. The fraction of sp³-hybridized carbons (Fsp3) is 0.500. The average Bonchev–Trinajstić information content (AvgIpc) is 2.85. The van der Waals surface area contributed by atoms with E-state index in [0.29, 0.717) is 5.92 Å². The molecule has 0 radical (unpaired) electrons. The molecule has 1 aromatic rings. The van der Waals surface area contributed by atoms with Gasteiger partial charge in [0.05, 0.1) is 24.1 Å². The minimum absolute atomic E-state index is 0.0737. The Kier molecular flexibility index (Phi) is 3.77. The lowest BCUT2D eigenvalue weighted by Gasteiger charge is -2.32. The topological polar surface area (TPSA) is 64.9 Å². The number of fused-ring (bicyclic) bond motifs is 1. The number of nitriles is 1. The molecule has 4 unspecified atom stereocenters. The van der Waals surface area contributed by atoms with Gasteiger partial charge >= 0.3 is 6.03 Å². The summed E-state index contributed by atoms with van der Waals surface area (Å²) >= 11 is 6.42. The number of hydrogen-bond acceptors (Lipinski definition) is 2. The molecule has 0 spiro atoms. The second-order valence-corrected chi connectivity index (χ2v) is 6.34. The molecule has 1 heterocycles. The predicted octanol–water partition coefficient (Wildman–Crippen LogP) is 3.28. The molecule has 1 aliphatic heterocycles. The lowest BCUT2D eigenvalue weighted by Crippen LogP contribution is -2.39. The van der Waals surface area contributed by atoms with Crippen molar-refractivity contribution in [3.05, 3.63) is 34.3 Å². The normalized spacial score (nSPS) is 29.0. The Morgan fingerprint density at radius 1 is 1.33 bits per heavy atom. The van der Waals surface area contributed by atoms with Crippen LogP contribution in [-0.2, 0) is 0 Å². The number of carbonyl (C=O) groups excluding carboxylic acids is 1. The van der Waals surface area contributed by atoms with Gasteiger partial charge in [-0.25, -0.2) is 4.79 Å². The smallest absolute Gasteiger partial charge is 0.315 e. The van der Waals surface area contributed by atoms with Crippen LogP contribution in [0, 0.1) is 11.3 Å². The maximum atomic E-state index is 11.4. The van der Waals surface area contributed by atoms with Crippen LogP contribution in [-0.4, -0.2) is 18.1 Å². The third-order valence-electron chi connectivity index (χ3n) is 4.64. The van der Waals surface area contributed by atoms with Crippen LogP contribution in [0.15, 0.2) is 18.2 Å². The highest BCUT2D eigenvalue weighted by atomic mass is 35.5. The molecule has 4 atom stereocenters. The van der Waals surface area contributed by atoms with E-state index >= 15 is 0 Å². The van der Waals surface area contributed by atoms with Crippen LogP contribution < -0.4 is 10.6 Å². The van der Waals surface area contributed by atoms with E-state index < -0.39 is 0 Å². The van der Waals surface area contributed by atoms with E-state index in [1.165, 1.54) is 0 Å². The van der Waals surface area contributed by atoms with E-state index in [1.54, 1.807) is 0 Å². The number of nitrogens with zero attached hydrogens (tertiary/aromatic N) is 1. The van der Waals surface area contributed by atoms with Crippen molar-refractivity contribution in [3.63, 3.8) is 0 Å². The molecule has 2 aliphatic rings. The average molecular weight is 304 g/mol. The fourth-order valence-electron chi connectivity index (χ4n) is 3.58. The van der Waals surface area contributed by atoms with Gasteiger partial charge in [-0.2, -0.15) is 5.26 Å². The monoisotopic (exact) mass is 303 g/mol. The first-order valence-corrected chi connectivity index (χ1v) is 7.73. The quantitative estimate of drug-likeness (QED) is 0.880. The Bertz CT molecular complexity index is 610. The zero-order chi connectivity index (χ0) is 15.0. The van der Waals surface area contributed by atoms with Crippen LogP contribution >= 0.6 is 11.6 Å². The summed E-state index contributed by atoms with van der Waals surface area (Å²) in [4.78, 5) is 11.4. The Balaban J connectivity index is 1.91. The predicted molar refractivity (Wildman–Crippen MR) is 81.3 cm³/mol. The van der Waals surface area contributed by atoms with Gasteiger partial charge in [-0.1, -0.05) is 23.7 Å². The van der Waals surface area contributed by atoms with Crippen molar-refractivity contribution >= 4 is 17.6 Å². The highest BCUT2D eigenvalue weighted by Gasteiger charge is 2.38. The zero-order valence-electron chi connectivity index (χ0n) is 11.9. The highest BCUT2D eigenvalue weighted by Crippen LogP contribution is 2.41. The Labute approximate surface area is 129 Å². The summed E-state index contributed by atoms with van der Waals surface area (Å²) in [5.41, 5.74) is 2.11. The van der Waals surface area contributed by atoms with E-state index in [4.69, 9.17) is 11.6 Å². The van der Waals surface area contributed by atoms with E-state index in [0.717, 1.165) is 35.4 Å². The highest BCUT2D eigenvalue weighted by molar-refractivity contribution is 6.31. The number of benzene rings is 1. The maximum Gasteiger partial charge on any atom is 0.315 e. The van der Waals surface area contributed by atoms with E-state index in [2.05, 4.69) is 16.7 Å². The molecule has 1 aromatic carbocycles. The molecule has 1 saturated carbocycles. The standard InChI is InChI=1S/C16H18ClN3O/c1-9(8-18)11-3-2-4-12(17)15(11)10-5-6-13-14(7-10)20-16(21)19-13/h2-4,9-10,13-14H,5-7H2,1H3,(H2,19,20,21). The number of hydrogen-bond donors (Lipinski definition) is 2. The molecule has 1 saturated heterocycles. The minimum atomic E-state index is -0.173. The first-order valence-electron chi connectivity index (χ1n) is 7.35. The summed E-state index contributed by atoms with van der Waals surface area (Å²) in [5.74, 6) is 0.124. The summed E-state index contributed by atoms with van der Waals surface area (Å²) in [7, 11) is 0. The Morgan fingerprint density at radius 3 is 2.86 bits per heavy atom. The van der Waals surface area contributed by atoms with Crippen LogP contribution in [0.3, 0.4) is 0 Å². The molecule has 2 N–H and O–H groups in total. The van der Waals surface area contributed by atoms with Gasteiger partial charge in [-0.3, -0.25) is 0 Å². The van der Waals surface area contributed by atoms with Gasteiger partial charge in [-0.05, 0) is 49.3 Å². The summed E-state index contributed by atoms with van der Waals surface area (Å²) in [5, 5.41) is 15.9. The SMILES string of the molecule is CC(C#N)c1cccc(Cl)c1C1CCC2NC(=O)NC2C1. The second-order valence-electron chi connectivity index (χ2n) is 5.93. The lowest BCUT2D eigenvalue weighted by atomic mass is 9.76. The molecule has 2 amide bonds. The van der Waals surface area contributed by atoms with Crippen LogP contribution in [0.25, 0.3) is 0 Å². The van der Waals surface area contributed by atoms with E-state index in [9.17, 15) is 10.1 Å². The molecule has 110 valence electrons. The first-order chi connectivity index (χ1) is 10.1. The lowest BCUT2D eigenvalue weighted by molar-refractivity contribution is 0.247. The molecule has 0 bridgehead atoms. The second kappa shape index (κ2) is 5.57. The number of carbonyl (C=O) groups is 1. The molecule has 4 nitrogen and oxygen atoms in total. The van der Waals surface area contributed by atoms with Crippen LogP contribution in [0.4, 0.5) is 4.79 Å². The molecular formula is C16H18ClN3O. The Hall–Kier alpha value is -1.73. The van der Waals surface area contributed by atoms with Crippen LogP contribution in [0.2, 0.25) is 5.02 Å².